The molecule has 1 aromatic heterocycles. The summed E-state index contributed by atoms with van der Waals surface area (Å²) in [6, 6.07) is 17.2. The Labute approximate surface area is 202 Å². The number of rotatable bonds is 8. The van der Waals surface area contributed by atoms with E-state index >= 15 is 0 Å². The fraction of sp³-hybridized carbons (Fsp3) is 0.308. The number of ether oxygens (including phenoxy) is 1. The Morgan fingerprint density at radius 3 is 2.31 bits per heavy atom. The van der Waals surface area contributed by atoms with Crippen molar-refractivity contribution in [3.05, 3.63) is 71.4 Å². The molecule has 0 bridgehead atoms. The second-order valence-corrected chi connectivity index (χ2v) is 9.00. The summed E-state index contributed by atoms with van der Waals surface area (Å²) >= 11 is 0. The zero-order valence-corrected chi connectivity index (χ0v) is 19.2. The number of anilines is 1. The van der Waals surface area contributed by atoms with E-state index in [4.69, 9.17) is 9.84 Å². The fourth-order valence-corrected chi connectivity index (χ4v) is 4.70. The number of aliphatic carboxylic acids is 1. The van der Waals surface area contributed by atoms with Crippen LogP contribution < -0.4 is 10.6 Å². The molecule has 9 nitrogen and oxygen atoms in total. The van der Waals surface area contributed by atoms with Gasteiger partial charge in [-0.25, -0.2) is 4.79 Å². The third kappa shape index (κ3) is 4.75. The number of carbonyl (C=O) groups excluding carboxylic acids is 2. The number of hydrogen-bond acceptors (Lipinski definition) is 5. The number of nitrogens with zero attached hydrogens (tertiary/aromatic N) is 2. The largest absolute Gasteiger partial charge is 0.481 e. The summed E-state index contributed by atoms with van der Waals surface area (Å²) in [6.07, 6.45) is 1.02. The van der Waals surface area contributed by atoms with E-state index in [2.05, 4.69) is 27.9 Å². The maximum atomic E-state index is 12.6. The highest BCUT2D eigenvalue weighted by atomic mass is 16.5. The highest BCUT2D eigenvalue weighted by Gasteiger charge is 2.34. The van der Waals surface area contributed by atoms with Crippen molar-refractivity contribution in [3.63, 3.8) is 0 Å². The predicted octanol–water partition coefficient (Wildman–Crippen LogP) is 3.76. The van der Waals surface area contributed by atoms with Gasteiger partial charge in [0.2, 0.25) is 0 Å². The van der Waals surface area contributed by atoms with Crippen LogP contribution in [0.1, 0.15) is 46.8 Å². The summed E-state index contributed by atoms with van der Waals surface area (Å²) in [5, 5.41) is 18.7. The van der Waals surface area contributed by atoms with Crippen LogP contribution in [0.25, 0.3) is 11.1 Å². The molecule has 2 amide bonds. The van der Waals surface area contributed by atoms with Crippen molar-refractivity contribution in [3.8, 4) is 11.1 Å². The molecule has 0 saturated heterocycles. The van der Waals surface area contributed by atoms with E-state index in [9.17, 15) is 14.4 Å². The molecule has 9 heteroatoms. The normalized spacial score (nSPS) is 15.1. The van der Waals surface area contributed by atoms with Crippen molar-refractivity contribution < 1.29 is 24.2 Å². The lowest BCUT2D eigenvalue weighted by atomic mass is 9.98. The summed E-state index contributed by atoms with van der Waals surface area (Å²) in [4.78, 5) is 36.3. The van der Waals surface area contributed by atoms with Crippen LogP contribution in [0.4, 0.5) is 10.6 Å². The van der Waals surface area contributed by atoms with Crippen LogP contribution >= 0.6 is 0 Å². The molecule has 2 aliphatic carbocycles. The molecule has 0 aliphatic heterocycles. The van der Waals surface area contributed by atoms with Crippen molar-refractivity contribution in [1.29, 1.82) is 0 Å². The Balaban J connectivity index is 1.22. The predicted molar refractivity (Wildman–Crippen MR) is 128 cm³/mol. The Bertz CT molecular complexity index is 1250. The van der Waals surface area contributed by atoms with E-state index in [1.165, 1.54) is 10.7 Å². The maximum absolute atomic E-state index is 12.6. The average molecular weight is 475 g/mol. The van der Waals surface area contributed by atoms with Crippen LogP contribution in [0.3, 0.4) is 0 Å². The molecule has 1 heterocycles. The van der Waals surface area contributed by atoms with Gasteiger partial charge in [-0.05, 0) is 41.0 Å². The molecule has 1 unspecified atom stereocenters. The van der Waals surface area contributed by atoms with Crippen LogP contribution in [0.5, 0.6) is 0 Å². The minimum Gasteiger partial charge on any atom is -0.481 e. The molecule has 1 atom stereocenters. The van der Waals surface area contributed by atoms with Crippen molar-refractivity contribution >= 4 is 23.8 Å². The highest BCUT2D eigenvalue weighted by molar-refractivity contribution is 5.94. The Morgan fingerprint density at radius 1 is 1.09 bits per heavy atom. The molecule has 0 radical (unpaired) electrons. The van der Waals surface area contributed by atoms with E-state index in [0.717, 1.165) is 35.1 Å². The number of carboxylic acids is 1. The molecule has 3 N–H and O–H groups in total. The lowest BCUT2D eigenvalue weighted by molar-refractivity contribution is -0.137. The second-order valence-electron chi connectivity index (χ2n) is 9.00. The number of carboxylic acid groups (broad SMARTS) is 1. The summed E-state index contributed by atoms with van der Waals surface area (Å²) in [6.45, 7) is 0.170. The first kappa shape index (κ1) is 22.6. The minimum absolute atomic E-state index is 0.0605. The molecule has 5 rings (SSSR count). The number of carbonyl (C=O) groups is 3. The smallest absolute Gasteiger partial charge is 0.412 e. The quantitative estimate of drug-likeness (QED) is 0.457. The number of aromatic nitrogens is 2. The van der Waals surface area contributed by atoms with E-state index in [-0.39, 0.29) is 30.6 Å². The van der Waals surface area contributed by atoms with E-state index in [0.29, 0.717) is 5.82 Å². The van der Waals surface area contributed by atoms with Crippen LogP contribution in [0, 0.1) is 5.92 Å². The van der Waals surface area contributed by atoms with E-state index < -0.39 is 24.0 Å². The SMILES string of the molecule is Cn1nc(C(=O)NC(CC(=O)O)C2CC2)cc1NC(=O)OCC1c2ccccc2-c2ccccc21. The highest BCUT2D eigenvalue weighted by Crippen LogP contribution is 2.44. The third-order valence-electron chi connectivity index (χ3n) is 6.59. The average Bonchev–Trinajstić information content (AvgIpc) is 3.56. The fourth-order valence-electron chi connectivity index (χ4n) is 4.70. The van der Waals surface area contributed by atoms with Gasteiger partial charge < -0.3 is 15.2 Å². The zero-order valence-electron chi connectivity index (χ0n) is 19.2. The Hall–Kier alpha value is -4.14. The third-order valence-corrected chi connectivity index (χ3v) is 6.59. The first-order chi connectivity index (χ1) is 16.9. The lowest BCUT2D eigenvalue weighted by Crippen LogP contribution is -2.38. The van der Waals surface area contributed by atoms with Crippen LogP contribution in [-0.4, -0.2) is 45.5 Å². The Kier molecular flexibility index (Phi) is 5.98. The van der Waals surface area contributed by atoms with Gasteiger partial charge in [-0.2, -0.15) is 5.10 Å². The molecule has 2 aliphatic rings. The number of hydrogen-bond donors (Lipinski definition) is 3. The van der Waals surface area contributed by atoms with Gasteiger partial charge in [-0.3, -0.25) is 19.6 Å². The minimum atomic E-state index is -0.958. The molecular formula is C26H26N4O5. The van der Waals surface area contributed by atoms with Gasteiger partial charge in [0.25, 0.3) is 5.91 Å². The van der Waals surface area contributed by atoms with Gasteiger partial charge in [0.1, 0.15) is 12.4 Å². The number of aryl methyl sites for hydroxylation is 1. The number of nitrogens with one attached hydrogen (secondary N) is 2. The van der Waals surface area contributed by atoms with Crippen LogP contribution in [0.15, 0.2) is 54.6 Å². The molecule has 1 fully saturated rings. The molecular weight excluding hydrogens is 448 g/mol. The van der Waals surface area contributed by atoms with Crippen molar-refractivity contribution in [2.45, 2.75) is 31.2 Å². The van der Waals surface area contributed by atoms with Crippen molar-refractivity contribution in [2.24, 2.45) is 13.0 Å². The summed E-state index contributed by atoms with van der Waals surface area (Å²) in [5.74, 6) is -1.01. The molecule has 3 aromatic rings. The molecule has 180 valence electrons. The van der Waals surface area contributed by atoms with Gasteiger partial charge in [0.15, 0.2) is 5.69 Å². The van der Waals surface area contributed by atoms with Gasteiger partial charge in [0.05, 0.1) is 6.42 Å². The second kappa shape index (κ2) is 9.25. The topological polar surface area (TPSA) is 123 Å². The summed E-state index contributed by atoms with van der Waals surface area (Å²) < 4.78 is 6.93. The molecule has 1 saturated carbocycles. The summed E-state index contributed by atoms with van der Waals surface area (Å²) in [7, 11) is 1.60. The number of fused-ring (bicyclic) bond motifs is 3. The van der Waals surface area contributed by atoms with Gasteiger partial charge in [-0.15, -0.1) is 0 Å². The summed E-state index contributed by atoms with van der Waals surface area (Å²) in [5.41, 5.74) is 4.62. The van der Waals surface area contributed by atoms with Crippen molar-refractivity contribution in [1.82, 2.24) is 15.1 Å². The van der Waals surface area contributed by atoms with Crippen LogP contribution in [-0.2, 0) is 16.6 Å². The Morgan fingerprint density at radius 2 is 1.71 bits per heavy atom. The van der Waals surface area contributed by atoms with Crippen LogP contribution in [0.2, 0.25) is 0 Å². The maximum Gasteiger partial charge on any atom is 0.412 e. The van der Waals surface area contributed by atoms with Crippen molar-refractivity contribution in [2.75, 3.05) is 11.9 Å². The molecule has 2 aromatic carbocycles. The monoisotopic (exact) mass is 474 g/mol. The first-order valence-corrected chi connectivity index (χ1v) is 11.6. The standard InChI is InChI=1S/C26H26N4O5/c1-30-23(12-22(29-30)25(33)27-21(13-24(31)32)15-10-11-15)28-26(34)35-14-20-18-8-4-2-6-16(18)17-7-3-5-9-19(17)20/h2-9,12,15,20-21H,10-11,13-14H2,1H3,(H,27,33)(H,28,34)(H,31,32). The van der Waals surface area contributed by atoms with Gasteiger partial charge in [0, 0.05) is 25.1 Å². The molecule has 35 heavy (non-hydrogen) atoms. The van der Waals surface area contributed by atoms with Gasteiger partial charge in [-0.1, -0.05) is 48.5 Å². The number of amides is 2. The molecule has 0 spiro atoms. The first-order valence-electron chi connectivity index (χ1n) is 11.6. The number of benzene rings is 2. The lowest BCUT2D eigenvalue weighted by Gasteiger charge is -2.15. The van der Waals surface area contributed by atoms with Gasteiger partial charge >= 0.3 is 12.1 Å². The van der Waals surface area contributed by atoms with E-state index in [1.807, 2.05) is 36.4 Å². The zero-order chi connectivity index (χ0) is 24.5. The van der Waals surface area contributed by atoms with E-state index in [1.54, 1.807) is 7.05 Å².